The number of benzene rings is 4. The summed E-state index contributed by atoms with van der Waals surface area (Å²) in [6.07, 6.45) is -2.78. The Kier molecular flexibility index (Phi) is 7.23. The second kappa shape index (κ2) is 10.7. The van der Waals surface area contributed by atoms with E-state index in [-0.39, 0.29) is 19.8 Å². The fourth-order valence-corrected chi connectivity index (χ4v) is 4.69. The number of ether oxygens (including phenoxy) is 3. The molecule has 5 heteroatoms. The van der Waals surface area contributed by atoms with Gasteiger partial charge in [0.05, 0.1) is 19.8 Å². The Labute approximate surface area is 210 Å². The molecule has 0 amide bonds. The summed E-state index contributed by atoms with van der Waals surface area (Å²) in [5, 5.41) is 0. The van der Waals surface area contributed by atoms with Gasteiger partial charge in [0.2, 0.25) is 0 Å². The van der Waals surface area contributed by atoms with Crippen LogP contribution in [-0.4, -0.2) is 31.3 Å². The van der Waals surface area contributed by atoms with Gasteiger partial charge in [0, 0.05) is 0 Å². The third-order valence-corrected chi connectivity index (χ3v) is 6.59. The quantitative estimate of drug-likeness (QED) is 0.249. The highest BCUT2D eigenvalue weighted by atomic mass is 19.3. The number of halogens is 2. The second-order valence-corrected chi connectivity index (χ2v) is 8.87. The lowest BCUT2D eigenvalue weighted by molar-refractivity contribution is -0.158. The molecule has 0 unspecified atom stereocenters. The summed E-state index contributed by atoms with van der Waals surface area (Å²) in [6, 6.07) is 38.4. The van der Waals surface area contributed by atoms with E-state index in [0.717, 1.165) is 22.3 Å². The van der Waals surface area contributed by atoms with Crippen LogP contribution in [-0.2, 0) is 26.4 Å². The molecule has 1 aliphatic heterocycles. The van der Waals surface area contributed by atoms with Crippen molar-refractivity contribution in [1.82, 2.24) is 0 Å². The third kappa shape index (κ3) is 4.82. The average Bonchev–Trinajstić information content (AvgIpc) is 3.23. The molecule has 0 N–H and O–H groups in total. The van der Waals surface area contributed by atoms with Crippen molar-refractivity contribution in [1.29, 1.82) is 0 Å². The van der Waals surface area contributed by atoms with Crippen LogP contribution in [0.1, 0.15) is 22.3 Å². The Morgan fingerprint density at radius 3 is 1.61 bits per heavy atom. The number of hydrogen-bond acceptors (Lipinski definition) is 3. The Morgan fingerprint density at radius 2 is 1.14 bits per heavy atom. The van der Waals surface area contributed by atoms with Gasteiger partial charge in [0.1, 0.15) is 17.8 Å². The van der Waals surface area contributed by atoms with Crippen LogP contribution < -0.4 is 0 Å². The topological polar surface area (TPSA) is 27.7 Å². The van der Waals surface area contributed by atoms with E-state index in [9.17, 15) is 0 Å². The van der Waals surface area contributed by atoms with Crippen LogP contribution >= 0.6 is 0 Å². The standard InChI is InChI=1S/C31H28F2O3/c32-31(33)28(34-21-24-13-5-1-6-14-24)22-35-29(31)23-36-30(25-15-7-2-8-16-25,26-17-9-3-10-18-26)27-19-11-4-12-20-27/h1-20,28-29H,21-23H2/t28-,29-/m1/s1. The third-order valence-electron chi connectivity index (χ3n) is 6.59. The Balaban J connectivity index is 1.43. The smallest absolute Gasteiger partial charge is 0.303 e. The lowest BCUT2D eigenvalue weighted by Crippen LogP contribution is -2.44. The van der Waals surface area contributed by atoms with Crippen LogP contribution in [0, 0.1) is 0 Å². The zero-order valence-corrected chi connectivity index (χ0v) is 19.8. The first kappa shape index (κ1) is 24.3. The van der Waals surface area contributed by atoms with Crippen molar-refractivity contribution in [3.63, 3.8) is 0 Å². The number of alkyl halides is 2. The van der Waals surface area contributed by atoms with Gasteiger partial charge >= 0.3 is 5.92 Å². The molecule has 0 aromatic heterocycles. The summed E-state index contributed by atoms with van der Waals surface area (Å²) in [6.45, 7) is -0.403. The van der Waals surface area contributed by atoms with E-state index in [2.05, 4.69) is 0 Å². The van der Waals surface area contributed by atoms with E-state index >= 15 is 8.78 Å². The van der Waals surface area contributed by atoms with Gasteiger partial charge in [0.25, 0.3) is 0 Å². The first-order valence-corrected chi connectivity index (χ1v) is 12.1. The van der Waals surface area contributed by atoms with Crippen molar-refractivity contribution in [3.8, 4) is 0 Å². The molecule has 1 heterocycles. The molecule has 184 valence electrons. The maximum atomic E-state index is 15.4. The fraction of sp³-hybridized carbons (Fsp3) is 0.226. The van der Waals surface area contributed by atoms with Crippen LogP contribution in [0.3, 0.4) is 0 Å². The largest absolute Gasteiger partial charge is 0.366 e. The van der Waals surface area contributed by atoms with E-state index in [1.54, 1.807) is 0 Å². The van der Waals surface area contributed by atoms with Crippen molar-refractivity contribution in [2.45, 2.75) is 30.3 Å². The maximum absolute atomic E-state index is 15.4. The lowest BCUT2D eigenvalue weighted by Gasteiger charge is -2.37. The summed E-state index contributed by atoms with van der Waals surface area (Å²) in [5.41, 5.74) is 2.29. The van der Waals surface area contributed by atoms with E-state index in [1.165, 1.54) is 0 Å². The summed E-state index contributed by atoms with van der Waals surface area (Å²) >= 11 is 0. The molecule has 0 spiro atoms. The van der Waals surface area contributed by atoms with E-state index in [1.807, 2.05) is 121 Å². The summed E-state index contributed by atoms with van der Waals surface area (Å²) in [4.78, 5) is 0. The van der Waals surface area contributed by atoms with E-state index in [0.29, 0.717) is 0 Å². The van der Waals surface area contributed by atoms with Crippen molar-refractivity contribution in [3.05, 3.63) is 144 Å². The molecule has 2 atom stereocenters. The molecule has 1 fully saturated rings. The molecule has 4 aromatic rings. The van der Waals surface area contributed by atoms with Gasteiger partial charge in [-0.1, -0.05) is 121 Å². The minimum atomic E-state index is -3.20. The SMILES string of the molecule is FC1(F)[C@H](OCc2ccccc2)CO[C@@H]1COC(c1ccccc1)(c1ccccc1)c1ccccc1. The summed E-state index contributed by atoms with van der Waals surface area (Å²) in [7, 11) is 0. The molecule has 1 aliphatic rings. The van der Waals surface area contributed by atoms with E-state index < -0.39 is 23.7 Å². The van der Waals surface area contributed by atoms with Gasteiger partial charge in [-0.15, -0.1) is 0 Å². The second-order valence-electron chi connectivity index (χ2n) is 8.87. The molecular formula is C31H28F2O3. The number of hydrogen-bond donors (Lipinski definition) is 0. The highest BCUT2D eigenvalue weighted by molar-refractivity contribution is 5.47. The summed E-state index contributed by atoms with van der Waals surface area (Å²) in [5.74, 6) is -3.20. The minimum absolute atomic E-state index is 0.0972. The van der Waals surface area contributed by atoms with Crippen LogP contribution in [0.5, 0.6) is 0 Å². The van der Waals surface area contributed by atoms with Crippen LogP contribution in [0.4, 0.5) is 8.78 Å². The van der Waals surface area contributed by atoms with Gasteiger partial charge < -0.3 is 14.2 Å². The van der Waals surface area contributed by atoms with Gasteiger partial charge in [-0.05, 0) is 22.3 Å². The molecule has 4 aromatic carbocycles. The minimum Gasteiger partial charge on any atom is -0.366 e. The molecule has 0 aliphatic carbocycles. The van der Waals surface area contributed by atoms with Crippen molar-refractivity contribution < 1.29 is 23.0 Å². The van der Waals surface area contributed by atoms with Gasteiger partial charge in [-0.3, -0.25) is 0 Å². The summed E-state index contributed by atoms with van der Waals surface area (Å²) < 4.78 is 48.6. The predicted molar refractivity (Wildman–Crippen MR) is 135 cm³/mol. The first-order chi connectivity index (χ1) is 17.6. The Morgan fingerprint density at radius 1 is 0.694 bits per heavy atom. The zero-order chi connectivity index (χ0) is 24.8. The molecule has 0 bridgehead atoms. The molecule has 0 radical (unpaired) electrons. The molecule has 5 rings (SSSR count). The molecule has 1 saturated heterocycles. The molecule has 3 nitrogen and oxygen atoms in total. The van der Waals surface area contributed by atoms with Crippen LogP contribution in [0.25, 0.3) is 0 Å². The van der Waals surface area contributed by atoms with Gasteiger partial charge in [0.15, 0.2) is 0 Å². The van der Waals surface area contributed by atoms with Gasteiger partial charge in [-0.25, -0.2) is 8.78 Å². The molecular weight excluding hydrogens is 458 g/mol. The fourth-order valence-electron chi connectivity index (χ4n) is 4.69. The van der Waals surface area contributed by atoms with Crippen LogP contribution in [0.2, 0.25) is 0 Å². The highest BCUT2D eigenvalue weighted by Crippen LogP contribution is 2.42. The average molecular weight is 487 g/mol. The van der Waals surface area contributed by atoms with Crippen molar-refractivity contribution in [2.75, 3.05) is 13.2 Å². The van der Waals surface area contributed by atoms with Crippen molar-refractivity contribution >= 4 is 0 Å². The zero-order valence-electron chi connectivity index (χ0n) is 19.8. The van der Waals surface area contributed by atoms with Crippen LogP contribution in [0.15, 0.2) is 121 Å². The predicted octanol–water partition coefficient (Wildman–Crippen LogP) is 6.61. The first-order valence-electron chi connectivity index (χ1n) is 12.1. The van der Waals surface area contributed by atoms with E-state index in [4.69, 9.17) is 14.2 Å². The normalized spacial score (nSPS) is 19.3. The lowest BCUT2D eigenvalue weighted by atomic mass is 9.80. The monoisotopic (exact) mass is 486 g/mol. The van der Waals surface area contributed by atoms with Crippen molar-refractivity contribution in [2.24, 2.45) is 0 Å². The van der Waals surface area contributed by atoms with Gasteiger partial charge in [-0.2, -0.15) is 0 Å². The Bertz CT molecular complexity index is 1120. The number of rotatable bonds is 9. The maximum Gasteiger partial charge on any atom is 0.303 e. The molecule has 36 heavy (non-hydrogen) atoms. The molecule has 0 saturated carbocycles. The highest BCUT2D eigenvalue weighted by Gasteiger charge is 2.55. The Hall–Kier alpha value is -3.38.